The Hall–Kier alpha value is -3.38. The molecule has 0 amide bonds. The van der Waals surface area contributed by atoms with Gasteiger partial charge in [-0.15, -0.1) is 0 Å². The van der Waals surface area contributed by atoms with Crippen molar-refractivity contribution in [2.24, 2.45) is 10.9 Å². The van der Waals surface area contributed by atoms with E-state index in [1.54, 1.807) is 24.3 Å². The van der Waals surface area contributed by atoms with Crippen molar-refractivity contribution >= 4 is 18.0 Å². The zero-order valence-electron chi connectivity index (χ0n) is 10.7. The van der Waals surface area contributed by atoms with Crippen molar-refractivity contribution in [3.8, 4) is 11.8 Å². The van der Waals surface area contributed by atoms with Crippen LogP contribution in [0.25, 0.3) is 0 Å². The molecule has 1 aromatic carbocycles. The Bertz CT molecular complexity index is 804. The second-order valence-corrected chi connectivity index (χ2v) is 3.87. The lowest BCUT2D eigenvalue weighted by Crippen LogP contribution is -2.27. The topological polar surface area (TPSA) is 155 Å². The van der Waals surface area contributed by atoms with Crippen molar-refractivity contribution < 1.29 is 5.11 Å². The number of nitrogens with two attached hydrogens (primary N) is 2. The molecule has 6 N–H and O–H groups in total. The zero-order valence-corrected chi connectivity index (χ0v) is 10.7. The van der Waals surface area contributed by atoms with E-state index in [1.807, 2.05) is 0 Å². The highest BCUT2D eigenvalue weighted by Gasteiger charge is 2.13. The molecule has 21 heavy (non-hydrogen) atoms. The van der Waals surface area contributed by atoms with Gasteiger partial charge in [0, 0.05) is 5.56 Å². The lowest BCUT2D eigenvalue weighted by Gasteiger charge is -2.06. The number of benzene rings is 1. The van der Waals surface area contributed by atoms with Gasteiger partial charge in [-0.25, -0.2) is 5.84 Å². The largest absolute Gasteiger partial charge is 0.507 e. The van der Waals surface area contributed by atoms with Crippen LogP contribution in [0.4, 0.5) is 11.8 Å². The quantitative estimate of drug-likeness (QED) is 0.338. The number of nitriles is 1. The van der Waals surface area contributed by atoms with E-state index in [4.69, 9.17) is 16.8 Å². The summed E-state index contributed by atoms with van der Waals surface area (Å²) in [6.07, 6.45) is 1.23. The number of para-hydroxylation sites is 1. The lowest BCUT2D eigenvalue weighted by molar-refractivity contribution is 0.474. The smallest absolute Gasteiger partial charge is 0.295 e. The van der Waals surface area contributed by atoms with Gasteiger partial charge in [0.2, 0.25) is 5.95 Å². The van der Waals surface area contributed by atoms with E-state index in [2.05, 4.69) is 15.5 Å². The van der Waals surface area contributed by atoms with Crippen LogP contribution in [0.2, 0.25) is 0 Å². The van der Waals surface area contributed by atoms with E-state index < -0.39 is 5.56 Å². The van der Waals surface area contributed by atoms with Crippen molar-refractivity contribution in [1.82, 2.24) is 9.66 Å². The van der Waals surface area contributed by atoms with Gasteiger partial charge in [0.05, 0.1) is 6.21 Å². The fraction of sp³-hybridized carbons (Fsp3) is 0. The molecule has 1 aromatic heterocycles. The Kier molecular flexibility index (Phi) is 3.83. The number of nitrogens with one attached hydrogen (secondary N) is 1. The molecule has 0 aliphatic carbocycles. The number of phenolic OH excluding ortho intramolecular Hbond substituents is 1. The highest BCUT2D eigenvalue weighted by molar-refractivity contribution is 5.83. The van der Waals surface area contributed by atoms with Crippen LogP contribution < -0.4 is 22.6 Å². The van der Waals surface area contributed by atoms with Crippen LogP contribution in [-0.4, -0.2) is 21.0 Å². The highest BCUT2D eigenvalue weighted by atomic mass is 16.3. The molecule has 9 nitrogen and oxygen atoms in total. The van der Waals surface area contributed by atoms with Gasteiger partial charge in [-0.05, 0) is 12.1 Å². The summed E-state index contributed by atoms with van der Waals surface area (Å²) in [5.41, 5.74) is 7.00. The Morgan fingerprint density at radius 1 is 1.48 bits per heavy atom. The summed E-state index contributed by atoms with van der Waals surface area (Å²) in [7, 11) is 0. The molecule has 0 spiro atoms. The molecule has 0 saturated heterocycles. The van der Waals surface area contributed by atoms with Crippen molar-refractivity contribution in [2.75, 3.05) is 11.2 Å². The minimum atomic E-state index is -0.773. The van der Waals surface area contributed by atoms with Crippen LogP contribution in [0.5, 0.6) is 5.75 Å². The first kappa shape index (κ1) is 14.0. The van der Waals surface area contributed by atoms with Gasteiger partial charge in [-0.3, -0.25) is 4.79 Å². The maximum Gasteiger partial charge on any atom is 0.295 e. The predicted octanol–water partition coefficient (Wildman–Crippen LogP) is -0.429. The van der Waals surface area contributed by atoms with Crippen LogP contribution >= 0.6 is 0 Å². The first-order valence-corrected chi connectivity index (χ1v) is 5.70. The molecule has 2 aromatic rings. The number of anilines is 2. The number of nitrogen functional groups attached to an aromatic ring is 2. The molecule has 0 bridgehead atoms. The SMILES string of the molecule is N#Cc1c(NN)nc(N)n(/N=C/c2ccccc2O)c1=O. The molecule has 0 saturated carbocycles. The number of rotatable bonds is 3. The summed E-state index contributed by atoms with van der Waals surface area (Å²) >= 11 is 0. The number of aromatic hydroxyl groups is 1. The third kappa shape index (κ3) is 2.65. The van der Waals surface area contributed by atoms with Gasteiger partial charge < -0.3 is 16.3 Å². The number of hydrogen-bond donors (Lipinski definition) is 4. The minimum Gasteiger partial charge on any atom is -0.507 e. The lowest BCUT2D eigenvalue weighted by atomic mass is 10.2. The molecule has 0 radical (unpaired) electrons. The Balaban J connectivity index is 2.54. The van der Waals surface area contributed by atoms with E-state index in [9.17, 15) is 9.90 Å². The molecular weight excluding hydrogens is 274 g/mol. The number of hydrazine groups is 1. The summed E-state index contributed by atoms with van der Waals surface area (Å²) in [5, 5.41) is 22.4. The van der Waals surface area contributed by atoms with Crippen LogP contribution in [0, 0.1) is 11.3 Å². The first-order valence-electron chi connectivity index (χ1n) is 5.70. The minimum absolute atomic E-state index is 0.0124. The van der Waals surface area contributed by atoms with Gasteiger partial charge in [0.15, 0.2) is 11.4 Å². The fourth-order valence-electron chi connectivity index (χ4n) is 1.56. The van der Waals surface area contributed by atoms with Crippen LogP contribution in [0.15, 0.2) is 34.2 Å². The zero-order chi connectivity index (χ0) is 15.4. The molecule has 2 rings (SSSR count). The predicted molar refractivity (Wildman–Crippen MR) is 76.5 cm³/mol. The molecular formula is C12H11N7O2. The first-order chi connectivity index (χ1) is 10.1. The van der Waals surface area contributed by atoms with E-state index in [-0.39, 0.29) is 23.1 Å². The molecule has 0 atom stereocenters. The second-order valence-electron chi connectivity index (χ2n) is 3.87. The van der Waals surface area contributed by atoms with Crippen LogP contribution in [-0.2, 0) is 0 Å². The van der Waals surface area contributed by atoms with Crippen LogP contribution in [0.1, 0.15) is 11.1 Å². The third-order valence-electron chi connectivity index (χ3n) is 2.58. The van der Waals surface area contributed by atoms with E-state index in [0.717, 1.165) is 4.68 Å². The number of phenols is 1. The maximum atomic E-state index is 12.1. The van der Waals surface area contributed by atoms with Gasteiger partial charge in [0.1, 0.15) is 11.8 Å². The van der Waals surface area contributed by atoms with Crippen LogP contribution in [0.3, 0.4) is 0 Å². The number of nitrogens with zero attached hydrogens (tertiary/aromatic N) is 4. The average molecular weight is 285 g/mol. The van der Waals surface area contributed by atoms with Crippen molar-refractivity contribution in [3.05, 3.63) is 45.7 Å². The van der Waals surface area contributed by atoms with Crippen molar-refractivity contribution in [1.29, 1.82) is 5.26 Å². The molecule has 0 fully saturated rings. The Morgan fingerprint density at radius 2 is 2.19 bits per heavy atom. The Morgan fingerprint density at radius 3 is 2.81 bits per heavy atom. The standard InChI is InChI=1S/C12H11N7O2/c13-5-8-10(18-15)17-12(14)19(11(8)21)16-6-7-3-1-2-4-9(7)20/h1-4,6,18,20H,15H2,(H2,14,17)/b16-6+. The van der Waals surface area contributed by atoms with Gasteiger partial charge >= 0.3 is 0 Å². The average Bonchev–Trinajstić information content (AvgIpc) is 2.48. The summed E-state index contributed by atoms with van der Waals surface area (Å²) in [4.78, 5) is 15.8. The summed E-state index contributed by atoms with van der Waals surface area (Å²) in [6.45, 7) is 0. The van der Waals surface area contributed by atoms with Gasteiger partial charge in [-0.2, -0.15) is 20.0 Å². The molecule has 1 heterocycles. The number of hydrogen-bond acceptors (Lipinski definition) is 8. The van der Waals surface area contributed by atoms with E-state index in [0.29, 0.717) is 5.56 Å². The third-order valence-corrected chi connectivity index (χ3v) is 2.58. The monoisotopic (exact) mass is 285 g/mol. The molecule has 0 aliphatic rings. The second kappa shape index (κ2) is 5.72. The highest BCUT2D eigenvalue weighted by Crippen LogP contribution is 2.13. The normalized spacial score (nSPS) is 10.5. The molecule has 0 aliphatic heterocycles. The van der Waals surface area contributed by atoms with Gasteiger partial charge in [0.25, 0.3) is 5.56 Å². The van der Waals surface area contributed by atoms with Crippen molar-refractivity contribution in [2.45, 2.75) is 0 Å². The fourth-order valence-corrected chi connectivity index (χ4v) is 1.56. The maximum absolute atomic E-state index is 12.1. The summed E-state index contributed by atoms with van der Waals surface area (Å²) < 4.78 is 0.742. The summed E-state index contributed by atoms with van der Waals surface area (Å²) in [6, 6.07) is 8.06. The molecule has 106 valence electrons. The Labute approximate surface area is 118 Å². The summed E-state index contributed by atoms with van der Waals surface area (Å²) in [5.74, 6) is 4.77. The molecule has 0 unspecified atom stereocenters. The van der Waals surface area contributed by atoms with Gasteiger partial charge in [-0.1, -0.05) is 12.1 Å². The van der Waals surface area contributed by atoms with Crippen molar-refractivity contribution in [3.63, 3.8) is 0 Å². The molecule has 9 heteroatoms. The van der Waals surface area contributed by atoms with E-state index in [1.165, 1.54) is 12.3 Å². The van der Waals surface area contributed by atoms with E-state index >= 15 is 0 Å². The number of aromatic nitrogens is 2.